The summed E-state index contributed by atoms with van der Waals surface area (Å²) in [6.45, 7) is 0.765. The molecule has 0 fully saturated rings. The first-order chi connectivity index (χ1) is 12.7. The first-order valence-electron chi connectivity index (χ1n) is 8.24. The van der Waals surface area contributed by atoms with Crippen LogP contribution in [0.3, 0.4) is 0 Å². The lowest BCUT2D eigenvalue weighted by Gasteiger charge is -2.06. The van der Waals surface area contributed by atoms with Crippen LogP contribution in [0.15, 0.2) is 73.1 Å². The number of pyridine rings is 2. The number of benzene rings is 1. The van der Waals surface area contributed by atoms with Gasteiger partial charge in [0.25, 0.3) is 11.8 Å². The number of carbonyl (C=O) groups is 2. The molecule has 0 aliphatic heterocycles. The van der Waals surface area contributed by atoms with Crippen molar-refractivity contribution in [2.24, 2.45) is 0 Å². The molecule has 3 aromatic rings. The number of hydrogen-bond acceptors (Lipinski definition) is 3. The van der Waals surface area contributed by atoms with Crippen molar-refractivity contribution in [1.82, 2.24) is 15.6 Å². The molecule has 2 aromatic heterocycles. The Morgan fingerprint density at radius 2 is 1.46 bits per heavy atom. The number of carbonyl (C=O) groups excluding carboxylic acids is 2. The maximum atomic E-state index is 12.2. The number of amides is 2. The molecule has 3 N–H and O–H groups in total. The van der Waals surface area contributed by atoms with Crippen molar-refractivity contribution in [3.05, 3.63) is 95.6 Å². The molecule has 0 saturated carbocycles. The van der Waals surface area contributed by atoms with E-state index in [2.05, 4.69) is 20.6 Å². The number of rotatable bonds is 6. The van der Waals surface area contributed by atoms with Gasteiger partial charge in [0.05, 0.1) is 12.2 Å². The van der Waals surface area contributed by atoms with Crippen molar-refractivity contribution in [2.75, 3.05) is 0 Å². The van der Waals surface area contributed by atoms with Crippen LogP contribution in [-0.4, -0.2) is 16.8 Å². The highest BCUT2D eigenvalue weighted by molar-refractivity contribution is 5.97. The van der Waals surface area contributed by atoms with Gasteiger partial charge in [-0.25, -0.2) is 4.98 Å². The van der Waals surface area contributed by atoms with Crippen LogP contribution in [-0.2, 0) is 13.1 Å². The maximum absolute atomic E-state index is 12.2. The maximum Gasteiger partial charge on any atom is 0.251 e. The Morgan fingerprint density at radius 1 is 0.808 bits per heavy atom. The lowest BCUT2D eigenvalue weighted by atomic mass is 10.1. The summed E-state index contributed by atoms with van der Waals surface area (Å²) >= 11 is 0. The quantitative estimate of drug-likeness (QED) is 0.712. The third kappa shape index (κ3) is 4.73. The van der Waals surface area contributed by atoms with E-state index in [-0.39, 0.29) is 11.8 Å². The van der Waals surface area contributed by atoms with Gasteiger partial charge in [0, 0.05) is 29.5 Å². The van der Waals surface area contributed by atoms with Crippen LogP contribution in [0.4, 0.5) is 0 Å². The van der Waals surface area contributed by atoms with E-state index in [0.29, 0.717) is 24.2 Å². The third-order valence-corrected chi connectivity index (χ3v) is 3.78. The lowest BCUT2D eigenvalue weighted by Crippen LogP contribution is -2.26. The van der Waals surface area contributed by atoms with Gasteiger partial charge in [-0.3, -0.25) is 14.6 Å². The van der Waals surface area contributed by atoms with Gasteiger partial charge < -0.3 is 10.6 Å². The molecule has 0 aliphatic carbocycles. The molecule has 130 valence electrons. The van der Waals surface area contributed by atoms with E-state index in [1.54, 1.807) is 36.7 Å². The fourth-order valence-electron chi connectivity index (χ4n) is 2.37. The normalized spacial score (nSPS) is 10.2. The number of nitrogens with one attached hydrogen (secondary N) is 3. The molecule has 0 unspecified atom stereocenters. The minimum absolute atomic E-state index is 0.192. The fourth-order valence-corrected chi connectivity index (χ4v) is 2.37. The van der Waals surface area contributed by atoms with Crippen molar-refractivity contribution >= 4 is 11.8 Å². The molecule has 1 aromatic carbocycles. The molecule has 6 heteroatoms. The molecule has 2 heterocycles. The number of H-pyrrole nitrogens is 1. The standard InChI is InChI=1S/C20H18N4O2/c25-19(23-13-17-5-1-3-11-21-17)15-7-9-16(10-8-15)20(26)24-14-18-6-2-4-12-22-18/h1-12H,13-14H2,(H,23,25)(H,24,26)/p+1. The first-order valence-corrected chi connectivity index (χ1v) is 8.24. The van der Waals surface area contributed by atoms with Gasteiger partial charge in [-0.05, 0) is 36.4 Å². The molecule has 0 aliphatic rings. The molecule has 26 heavy (non-hydrogen) atoms. The predicted molar refractivity (Wildman–Crippen MR) is 96.0 cm³/mol. The van der Waals surface area contributed by atoms with Crippen molar-refractivity contribution in [3.63, 3.8) is 0 Å². The largest absolute Gasteiger partial charge is 0.346 e. The Hall–Kier alpha value is -3.54. The number of aromatic nitrogens is 2. The summed E-state index contributed by atoms with van der Waals surface area (Å²) in [6.07, 6.45) is 3.49. The molecular weight excluding hydrogens is 328 g/mol. The van der Waals surface area contributed by atoms with Gasteiger partial charge in [-0.2, -0.15) is 0 Å². The third-order valence-electron chi connectivity index (χ3n) is 3.78. The zero-order valence-corrected chi connectivity index (χ0v) is 14.1. The molecule has 3 rings (SSSR count). The van der Waals surface area contributed by atoms with Gasteiger partial charge in [0.15, 0.2) is 11.9 Å². The average molecular weight is 347 g/mol. The summed E-state index contributed by atoms with van der Waals surface area (Å²) in [5.41, 5.74) is 2.69. The zero-order valence-electron chi connectivity index (χ0n) is 14.1. The predicted octanol–water partition coefficient (Wildman–Crippen LogP) is 1.76. The molecule has 0 spiro atoms. The van der Waals surface area contributed by atoms with Gasteiger partial charge in [-0.1, -0.05) is 12.1 Å². The summed E-state index contributed by atoms with van der Waals surface area (Å²) in [5, 5.41) is 5.64. The second kappa shape index (κ2) is 8.53. The Balaban J connectivity index is 1.53. The minimum atomic E-state index is -0.207. The van der Waals surface area contributed by atoms with E-state index in [1.165, 1.54) is 0 Å². The molecular formula is C20H19N4O2+. The Kier molecular flexibility index (Phi) is 5.67. The Morgan fingerprint density at radius 3 is 2.04 bits per heavy atom. The summed E-state index contributed by atoms with van der Waals surface area (Å²) in [4.78, 5) is 31.6. The molecule has 0 bridgehead atoms. The number of hydrogen-bond donors (Lipinski definition) is 2. The highest BCUT2D eigenvalue weighted by Crippen LogP contribution is 2.05. The van der Waals surface area contributed by atoms with Crippen LogP contribution < -0.4 is 15.6 Å². The molecule has 2 amide bonds. The second-order valence-corrected chi connectivity index (χ2v) is 5.65. The molecule has 0 saturated heterocycles. The van der Waals surface area contributed by atoms with E-state index in [1.807, 2.05) is 36.4 Å². The van der Waals surface area contributed by atoms with Crippen molar-refractivity contribution in [1.29, 1.82) is 0 Å². The Bertz CT molecular complexity index is 791. The summed E-state index contributed by atoms with van der Waals surface area (Å²) in [5.74, 6) is -0.399. The van der Waals surface area contributed by atoms with E-state index >= 15 is 0 Å². The van der Waals surface area contributed by atoms with E-state index in [9.17, 15) is 9.59 Å². The minimum Gasteiger partial charge on any atom is -0.346 e. The van der Waals surface area contributed by atoms with Gasteiger partial charge in [-0.15, -0.1) is 0 Å². The Labute approximate surface area is 151 Å². The fraction of sp³-hybridized carbons (Fsp3) is 0.100. The topological polar surface area (TPSA) is 85.2 Å². The lowest BCUT2D eigenvalue weighted by molar-refractivity contribution is -0.390. The van der Waals surface area contributed by atoms with Crippen LogP contribution in [0.2, 0.25) is 0 Å². The monoisotopic (exact) mass is 347 g/mol. The summed E-state index contributed by atoms with van der Waals surface area (Å²) in [6, 6.07) is 17.8. The van der Waals surface area contributed by atoms with Gasteiger partial charge >= 0.3 is 0 Å². The highest BCUT2D eigenvalue weighted by atomic mass is 16.2. The molecule has 0 atom stereocenters. The van der Waals surface area contributed by atoms with Crippen molar-refractivity contribution in [2.45, 2.75) is 13.1 Å². The average Bonchev–Trinajstić information content (AvgIpc) is 2.72. The van der Waals surface area contributed by atoms with Crippen molar-refractivity contribution in [3.8, 4) is 0 Å². The number of aromatic amines is 1. The van der Waals surface area contributed by atoms with Crippen LogP contribution in [0, 0.1) is 0 Å². The van der Waals surface area contributed by atoms with Gasteiger partial charge in [0.1, 0.15) is 6.54 Å². The molecule has 0 radical (unpaired) electrons. The highest BCUT2D eigenvalue weighted by Gasteiger charge is 2.10. The first kappa shape index (κ1) is 17.3. The van der Waals surface area contributed by atoms with Crippen LogP contribution >= 0.6 is 0 Å². The molecule has 6 nitrogen and oxygen atoms in total. The van der Waals surface area contributed by atoms with E-state index in [4.69, 9.17) is 0 Å². The SMILES string of the molecule is O=C(NCc1ccccn1)c1ccc(C(=O)NCc2cccc[nH+]2)cc1. The summed E-state index contributed by atoms with van der Waals surface area (Å²) in [7, 11) is 0. The van der Waals surface area contributed by atoms with Gasteiger partial charge in [0.2, 0.25) is 0 Å². The zero-order chi connectivity index (χ0) is 18.2. The number of nitrogens with zero attached hydrogens (tertiary/aromatic N) is 1. The smallest absolute Gasteiger partial charge is 0.251 e. The van der Waals surface area contributed by atoms with E-state index in [0.717, 1.165) is 11.4 Å². The van der Waals surface area contributed by atoms with Crippen LogP contribution in [0.25, 0.3) is 0 Å². The van der Waals surface area contributed by atoms with Crippen LogP contribution in [0.1, 0.15) is 32.1 Å². The second-order valence-electron chi connectivity index (χ2n) is 5.65. The van der Waals surface area contributed by atoms with E-state index < -0.39 is 0 Å². The van der Waals surface area contributed by atoms with Crippen LogP contribution in [0.5, 0.6) is 0 Å². The summed E-state index contributed by atoms with van der Waals surface area (Å²) < 4.78 is 0. The van der Waals surface area contributed by atoms with Crippen molar-refractivity contribution < 1.29 is 14.6 Å².